The zero-order chi connectivity index (χ0) is 21.5. The van der Waals surface area contributed by atoms with Crippen molar-refractivity contribution in [3.8, 4) is 5.75 Å². The normalized spacial score (nSPS) is 15.2. The number of ether oxygens (including phenoxy) is 1. The smallest absolute Gasteiger partial charge is 0.191 e. The lowest BCUT2D eigenvalue weighted by atomic mass is 10.1. The van der Waals surface area contributed by atoms with Gasteiger partial charge in [-0.05, 0) is 68.6 Å². The standard InChI is InChI=1S/C24H33FN4O/c1-17(21-11-12-23(22(25)13-21)30-16-20-9-10-20)28-24(26-2)27-14-18-5-7-19(8-6-18)15-29(3)4/h5-8,11-13,17,20H,9-10,14-16H2,1-4H3,(H2,26,27,28). The molecule has 6 heteroatoms. The summed E-state index contributed by atoms with van der Waals surface area (Å²) >= 11 is 0. The average molecular weight is 413 g/mol. The van der Waals surface area contributed by atoms with Crippen LogP contribution in [0.1, 0.15) is 42.5 Å². The Labute approximate surface area is 179 Å². The number of nitrogens with one attached hydrogen (secondary N) is 2. The van der Waals surface area contributed by atoms with Crippen LogP contribution in [-0.2, 0) is 13.1 Å². The SMILES string of the molecule is CN=C(NCc1ccc(CN(C)C)cc1)NC(C)c1ccc(OCC2CC2)c(F)c1. The van der Waals surface area contributed by atoms with Crippen molar-refractivity contribution in [1.29, 1.82) is 0 Å². The molecule has 1 aliphatic carbocycles. The van der Waals surface area contributed by atoms with Gasteiger partial charge in [-0.2, -0.15) is 0 Å². The Balaban J connectivity index is 1.51. The van der Waals surface area contributed by atoms with Gasteiger partial charge in [0.25, 0.3) is 0 Å². The van der Waals surface area contributed by atoms with Gasteiger partial charge in [-0.25, -0.2) is 4.39 Å². The minimum Gasteiger partial charge on any atom is -0.490 e. The largest absolute Gasteiger partial charge is 0.490 e. The molecule has 1 saturated carbocycles. The summed E-state index contributed by atoms with van der Waals surface area (Å²) in [6, 6.07) is 13.6. The minimum atomic E-state index is -0.317. The molecule has 2 N–H and O–H groups in total. The van der Waals surface area contributed by atoms with Crippen molar-refractivity contribution in [2.75, 3.05) is 27.7 Å². The van der Waals surface area contributed by atoms with Gasteiger partial charge in [0, 0.05) is 20.1 Å². The van der Waals surface area contributed by atoms with Gasteiger partial charge in [0.15, 0.2) is 17.5 Å². The predicted molar refractivity (Wildman–Crippen MR) is 120 cm³/mol. The molecule has 162 valence electrons. The highest BCUT2D eigenvalue weighted by Crippen LogP contribution is 2.30. The van der Waals surface area contributed by atoms with Gasteiger partial charge in [-0.15, -0.1) is 0 Å². The fourth-order valence-electron chi connectivity index (χ4n) is 3.19. The molecule has 0 saturated heterocycles. The summed E-state index contributed by atoms with van der Waals surface area (Å²) in [5.41, 5.74) is 3.31. The van der Waals surface area contributed by atoms with E-state index in [1.165, 1.54) is 30.0 Å². The number of nitrogens with zero attached hydrogens (tertiary/aromatic N) is 2. The van der Waals surface area contributed by atoms with Crippen LogP contribution < -0.4 is 15.4 Å². The van der Waals surface area contributed by atoms with Crippen LogP contribution >= 0.6 is 0 Å². The van der Waals surface area contributed by atoms with E-state index < -0.39 is 0 Å². The van der Waals surface area contributed by atoms with Gasteiger partial charge in [0.2, 0.25) is 0 Å². The Morgan fingerprint density at radius 1 is 1.17 bits per heavy atom. The molecule has 1 unspecified atom stereocenters. The first-order valence-electron chi connectivity index (χ1n) is 10.6. The molecule has 0 aliphatic heterocycles. The van der Waals surface area contributed by atoms with Crippen LogP contribution in [0.2, 0.25) is 0 Å². The summed E-state index contributed by atoms with van der Waals surface area (Å²) in [5.74, 6) is 1.29. The highest BCUT2D eigenvalue weighted by Gasteiger charge is 2.22. The van der Waals surface area contributed by atoms with Crippen LogP contribution in [0.4, 0.5) is 4.39 Å². The summed E-state index contributed by atoms with van der Waals surface area (Å²) < 4.78 is 20.0. The molecule has 1 atom stereocenters. The molecule has 0 bridgehead atoms. The molecule has 0 radical (unpaired) electrons. The van der Waals surface area contributed by atoms with Gasteiger partial charge in [-0.3, -0.25) is 4.99 Å². The number of hydrogen-bond donors (Lipinski definition) is 2. The molecule has 3 rings (SSSR count). The summed E-state index contributed by atoms with van der Waals surface area (Å²) in [4.78, 5) is 6.44. The summed E-state index contributed by atoms with van der Waals surface area (Å²) in [5, 5.41) is 6.64. The van der Waals surface area contributed by atoms with Crippen LogP contribution in [0.15, 0.2) is 47.5 Å². The van der Waals surface area contributed by atoms with Crippen molar-refractivity contribution in [1.82, 2.24) is 15.5 Å². The maximum Gasteiger partial charge on any atom is 0.191 e. The molecule has 0 aromatic heterocycles. The molecule has 2 aromatic rings. The Hall–Kier alpha value is -2.60. The van der Waals surface area contributed by atoms with Crippen molar-refractivity contribution in [3.63, 3.8) is 0 Å². The van der Waals surface area contributed by atoms with Gasteiger partial charge in [-0.1, -0.05) is 30.3 Å². The lowest BCUT2D eigenvalue weighted by Gasteiger charge is -2.19. The van der Waals surface area contributed by atoms with E-state index in [1.54, 1.807) is 13.1 Å². The van der Waals surface area contributed by atoms with E-state index in [9.17, 15) is 4.39 Å². The second-order valence-corrected chi connectivity index (χ2v) is 8.29. The monoisotopic (exact) mass is 412 g/mol. The maximum absolute atomic E-state index is 14.4. The van der Waals surface area contributed by atoms with Crippen LogP contribution in [0.3, 0.4) is 0 Å². The van der Waals surface area contributed by atoms with Crippen molar-refractivity contribution in [2.24, 2.45) is 10.9 Å². The first kappa shape index (κ1) is 22.1. The predicted octanol–water partition coefficient (Wildman–Crippen LogP) is 4.10. The van der Waals surface area contributed by atoms with E-state index in [4.69, 9.17) is 4.74 Å². The highest BCUT2D eigenvalue weighted by molar-refractivity contribution is 5.80. The molecule has 30 heavy (non-hydrogen) atoms. The molecular formula is C24H33FN4O. The summed E-state index contributed by atoms with van der Waals surface area (Å²) in [6.45, 7) is 4.19. The fourth-order valence-corrected chi connectivity index (χ4v) is 3.19. The summed E-state index contributed by atoms with van der Waals surface area (Å²) in [7, 11) is 5.86. The van der Waals surface area contributed by atoms with E-state index in [-0.39, 0.29) is 11.9 Å². The Bertz CT molecular complexity index is 847. The van der Waals surface area contributed by atoms with Crippen LogP contribution in [0.5, 0.6) is 5.75 Å². The Morgan fingerprint density at radius 2 is 1.87 bits per heavy atom. The van der Waals surface area contributed by atoms with Crippen molar-refractivity contribution < 1.29 is 9.13 Å². The zero-order valence-electron chi connectivity index (χ0n) is 18.4. The Morgan fingerprint density at radius 3 is 2.47 bits per heavy atom. The quantitative estimate of drug-likeness (QED) is 0.481. The van der Waals surface area contributed by atoms with Crippen LogP contribution in [0.25, 0.3) is 0 Å². The molecule has 0 amide bonds. The molecule has 1 fully saturated rings. The molecule has 1 aliphatic rings. The summed E-state index contributed by atoms with van der Waals surface area (Å²) in [6.07, 6.45) is 2.38. The molecule has 0 spiro atoms. The van der Waals surface area contributed by atoms with E-state index >= 15 is 0 Å². The number of halogens is 1. The second-order valence-electron chi connectivity index (χ2n) is 8.29. The third kappa shape index (κ3) is 6.73. The van der Waals surface area contributed by atoms with Crippen LogP contribution in [0, 0.1) is 11.7 Å². The van der Waals surface area contributed by atoms with E-state index in [0.717, 1.165) is 12.1 Å². The lowest BCUT2D eigenvalue weighted by Crippen LogP contribution is -2.38. The molecule has 2 aromatic carbocycles. The topological polar surface area (TPSA) is 48.9 Å². The minimum absolute atomic E-state index is 0.0920. The first-order valence-corrected chi connectivity index (χ1v) is 10.6. The van der Waals surface area contributed by atoms with Gasteiger partial charge < -0.3 is 20.3 Å². The lowest BCUT2D eigenvalue weighted by molar-refractivity contribution is 0.285. The third-order valence-electron chi connectivity index (χ3n) is 5.19. The van der Waals surface area contributed by atoms with Gasteiger partial charge in [0.1, 0.15) is 0 Å². The number of rotatable bonds is 9. The van der Waals surface area contributed by atoms with E-state index in [1.807, 2.05) is 13.0 Å². The fraction of sp³-hybridized carbons (Fsp3) is 0.458. The number of benzene rings is 2. The van der Waals surface area contributed by atoms with Crippen LogP contribution in [-0.4, -0.2) is 38.6 Å². The molecule has 5 nitrogen and oxygen atoms in total. The maximum atomic E-state index is 14.4. The Kier molecular flexibility index (Phi) is 7.69. The highest BCUT2D eigenvalue weighted by atomic mass is 19.1. The number of hydrogen-bond acceptors (Lipinski definition) is 3. The zero-order valence-corrected chi connectivity index (χ0v) is 18.4. The van der Waals surface area contributed by atoms with E-state index in [2.05, 4.69) is 58.9 Å². The van der Waals surface area contributed by atoms with Crippen molar-refractivity contribution in [2.45, 2.75) is 38.9 Å². The third-order valence-corrected chi connectivity index (χ3v) is 5.19. The average Bonchev–Trinajstić information content (AvgIpc) is 3.55. The van der Waals surface area contributed by atoms with Gasteiger partial charge in [0.05, 0.1) is 12.6 Å². The van der Waals surface area contributed by atoms with Gasteiger partial charge >= 0.3 is 0 Å². The van der Waals surface area contributed by atoms with E-state index in [0.29, 0.717) is 30.8 Å². The molecule has 0 heterocycles. The molecular weight excluding hydrogens is 379 g/mol. The second kappa shape index (κ2) is 10.4. The van der Waals surface area contributed by atoms with Crippen molar-refractivity contribution in [3.05, 3.63) is 65.0 Å². The van der Waals surface area contributed by atoms with Crippen molar-refractivity contribution >= 4 is 5.96 Å². The first-order chi connectivity index (χ1) is 14.4. The number of aliphatic imine (C=N–C) groups is 1. The number of guanidine groups is 1.